The molecule has 1 fully saturated rings. The molecular weight excluding hydrogens is 368 g/mol. The number of carbonyl (C=O) groups excluding carboxylic acids is 1. The molecule has 3 rings (SSSR count). The van der Waals surface area contributed by atoms with Gasteiger partial charge in [-0.1, -0.05) is 6.07 Å². The minimum atomic E-state index is -2.30. The minimum absolute atomic E-state index is 0.0473. The summed E-state index contributed by atoms with van der Waals surface area (Å²) in [5.74, 6) is 0.724. The molecule has 0 aliphatic carbocycles. The van der Waals surface area contributed by atoms with Crippen LogP contribution in [-0.2, 0) is 5.75 Å². The molecule has 0 atom stereocenters. The maximum Gasteiger partial charge on any atom is 0.251 e. The SMILES string of the molecule is O=C(NC1CCN(CC(F)F)CC1)c1ccc(SCc2cccnc2)cc1. The van der Waals surface area contributed by atoms with E-state index in [0.29, 0.717) is 31.5 Å². The Morgan fingerprint density at radius 1 is 1.22 bits per heavy atom. The number of hydrogen-bond donors (Lipinski definition) is 1. The Bertz CT molecular complexity index is 720. The highest BCUT2D eigenvalue weighted by Gasteiger charge is 2.22. The summed E-state index contributed by atoms with van der Waals surface area (Å²) in [4.78, 5) is 19.3. The number of carbonyl (C=O) groups is 1. The molecule has 4 nitrogen and oxygen atoms in total. The van der Waals surface area contributed by atoms with E-state index in [-0.39, 0.29) is 18.5 Å². The van der Waals surface area contributed by atoms with Crippen LogP contribution in [0.3, 0.4) is 0 Å². The van der Waals surface area contributed by atoms with Gasteiger partial charge in [-0.3, -0.25) is 14.7 Å². The fraction of sp³-hybridized carbons (Fsp3) is 0.400. The molecule has 1 saturated heterocycles. The Hall–Kier alpha value is -1.99. The first-order valence-corrected chi connectivity index (χ1v) is 10.0. The van der Waals surface area contributed by atoms with Crippen molar-refractivity contribution >= 4 is 17.7 Å². The van der Waals surface area contributed by atoms with Gasteiger partial charge in [-0.05, 0) is 48.7 Å². The number of thioether (sulfide) groups is 1. The minimum Gasteiger partial charge on any atom is -0.349 e. The van der Waals surface area contributed by atoms with Gasteiger partial charge in [0.15, 0.2) is 0 Å². The molecule has 2 aromatic rings. The molecular formula is C20H23F2N3OS. The molecule has 0 radical (unpaired) electrons. The van der Waals surface area contributed by atoms with Crippen molar-refractivity contribution in [2.24, 2.45) is 0 Å². The van der Waals surface area contributed by atoms with Crippen molar-refractivity contribution in [3.05, 3.63) is 59.9 Å². The van der Waals surface area contributed by atoms with Gasteiger partial charge < -0.3 is 5.32 Å². The molecule has 7 heteroatoms. The van der Waals surface area contributed by atoms with Crippen molar-refractivity contribution < 1.29 is 13.6 Å². The number of alkyl halides is 2. The Morgan fingerprint density at radius 2 is 1.96 bits per heavy atom. The number of hydrogen-bond acceptors (Lipinski definition) is 4. The van der Waals surface area contributed by atoms with E-state index in [2.05, 4.69) is 10.3 Å². The van der Waals surface area contributed by atoms with Gasteiger partial charge in [-0.15, -0.1) is 11.8 Å². The van der Waals surface area contributed by atoms with Crippen LogP contribution in [0.2, 0.25) is 0 Å². The molecule has 1 aromatic carbocycles. The molecule has 0 unspecified atom stereocenters. The number of amides is 1. The van der Waals surface area contributed by atoms with Crippen LogP contribution in [0.5, 0.6) is 0 Å². The number of rotatable bonds is 7. The van der Waals surface area contributed by atoms with Crippen LogP contribution in [0.25, 0.3) is 0 Å². The molecule has 1 aromatic heterocycles. The first kappa shape index (κ1) is 19.8. The zero-order valence-corrected chi connectivity index (χ0v) is 15.8. The third-order valence-electron chi connectivity index (χ3n) is 4.56. The lowest BCUT2D eigenvalue weighted by molar-refractivity contribution is 0.0696. The van der Waals surface area contributed by atoms with E-state index >= 15 is 0 Å². The van der Waals surface area contributed by atoms with Crippen LogP contribution >= 0.6 is 11.8 Å². The van der Waals surface area contributed by atoms with E-state index in [1.807, 2.05) is 42.6 Å². The number of benzene rings is 1. The predicted molar refractivity (Wildman–Crippen MR) is 103 cm³/mol. The van der Waals surface area contributed by atoms with E-state index in [1.165, 1.54) is 0 Å². The largest absolute Gasteiger partial charge is 0.349 e. The van der Waals surface area contributed by atoms with Gasteiger partial charge in [-0.2, -0.15) is 0 Å². The first-order valence-electron chi connectivity index (χ1n) is 9.03. The maximum atomic E-state index is 12.4. The second kappa shape index (κ2) is 9.80. The summed E-state index contributed by atoms with van der Waals surface area (Å²) < 4.78 is 24.8. The Balaban J connectivity index is 1.45. The normalized spacial score (nSPS) is 15.8. The van der Waals surface area contributed by atoms with E-state index in [1.54, 1.807) is 22.9 Å². The van der Waals surface area contributed by atoms with Crippen molar-refractivity contribution in [1.29, 1.82) is 0 Å². The Kier molecular flexibility index (Phi) is 7.18. The molecule has 2 heterocycles. The fourth-order valence-electron chi connectivity index (χ4n) is 3.08. The second-order valence-electron chi connectivity index (χ2n) is 6.61. The van der Waals surface area contributed by atoms with Crippen LogP contribution in [0.15, 0.2) is 53.7 Å². The molecule has 27 heavy (non-hydrogen) atoms. The molecule has 0 saturated carbocycles. The van der Waals surface area contributed by atoms with Crippen molar-refractivity contribution in [2.45, 2.75) is 36.0 Å². The number of nitrogens with zero attached hydrogens (tertiary/aromatic N) is 2. The van der Waals surface area contributed by atoms with Crippen LogP contribution in [0.4, 0.5) is 8.78 Å². The molecule has 1 amide bonds. The summed E-state index contributed by atoms with van der Waals surface area (Å²) in [5, 5.41) is 3.02. The molecule has 1 N–H and O–H groups in total. The van der Waals surface area contributed by atoms with Crippen LogP contribution in [0, 0.1) is 0 Å². The van der Waals surface area contributed by atoms with Gasteiger partial charge in [0.1, 0.15) is 0 Å². The zero-order chi connectivity index (χ0) is 19.1. The van der Waals surface area contributed by atoms with Crippen molar-refractivity contribution in [3.8, 4) is 0 Å². The summed E-state index contributed by atoms with van der Waals surface area (Å²) >= 11 is 1.70. The standard InChI is InChI=1S/C20H23F2N3OS/c21-19(22)13-25-10-7-17(8-11-25)24-20(26)16-3-5-18(6-4-16)27-14-15-2-1-9-23-12-15/h1-6,9,12,17,19H,7-8,10-11,13-14H2,(H,24,26). The van der Waals surface area contributed by atoms with Gasteiger partial charge >= 0.3 is 0 Å². The van der Waals surface area contributed by atoms with E-state index < -0.39 is 6.43 Å². The van der Waals surface area contributed by atoms with Crippen molar-refractivity contribution in [3.63, 3.8) is 0 Å². The zero-order valence-electron chi connectivity index (χ0n) is 15.0. The number of halogens is 2. The van der Waals surface area contributed by atoms with E-state index in [4.69, 9.17) is 0 Å². The van der Waals surface area contributed by atoms with Crippen molar-refractivity contribution in [2.75, 3.05) is 19.6 Å². The third-order valence-corrected chi connectivity index (χ3v) is 5.65. The average molecular weight is 391 g/mol. The summed E-state index contributed by atoms with van der Waals surface area (Å²) in [6.07, 6.45) is 2.71. The van der Waals surface area contributed by atoms with Gasteiger partial charge in [0.05, 0.1) is 6.54 Å². The van der Waals surface area contributed by atoms with E-state index in [0.717, 1.165) is 16.2 Å². The summed E-state index contributed by atoms with van der Waals surface area (Å²) in [6, 6.07) is 11.5. The highest BCUT2D eigenvalue weighted by molar-refractivity contribution is 7.98. The molecule has 0 spiro atoms. The maximum absolute atomic E-state index is 12.4. The monoisotopic (exact) mass is 391 g/mol. The van der Waals surface area contributed by atoms with E-state index in [9.17, 15) is 13.6 Å². The third kappa shape index (κ3) is 6.29. The number of aromatic nitrogens is 1. The van der Waals surface area contributed by atoms with Crippen LogP contribution in [0.1, 0.15) is 28.8 Å². The van der Waals surface area contributed by atoms with Gasteiger partial charge in [0.25, 0.3) is 12.3 Å². The predicted octanol–water partition coefficient (Wildman–Crippen LogP) is 3.83. The first-order chi connectivity index (χ1) is 13.1. The highest BCUT2D eigenvalue weighted by atomic mass is 32.2. The highest BCUT2D eigenvalue weighted by Crippen LogP contribution is 2.23. The number of pyridine rings is 1. The second-order valence-corrected chi connectivity index (χ2v) is 7.66. The fourth-order valence-corrected chi connectivity index (χ4v) is 3.91. The van der Waals surface area contributed by atoms with Crippen LogP contribution in [-0.4, -0.2) is 47.9 Å². The quantitative estimate of drug-likeness (QED) is 0.729. The lowest BCUT2D eigenvalue weighted by Crippen LogP contribution is -2.45. The Labute approximate surface area is 162 Å². The summed E-state index contributed by atoms with van der Waals surface area (Å²) in [6.45, 7) is 1.01. The number of piperidine rings is 1. The lowest BCUT2D eigenvalue weighted by Gasteiger charge is -2.32. The summed E-state index contributed by atoms with van der Waals surface area (Å²) in [5.41, 5.74) is 1.78. The number of likely N-dealkylation sites (tertiary alicyclic amines) is 1. The van der Waals surface area contributed by atoms with Gasteiger partial charge in [0, 0.05) is 47.7 Å². The van der Waals surface area contributed by atoms with Gasteiger partial charge in [0.2, 0.25) is 0 Å². The molecule has 1 aliphatic rings. The Morgan fingerprint density at radius 3 is 2.59 bits per heavy atom. The lowest BCUT2D eigenvalue weighted by atomic mass is 10.0. The number of nitrogens with one attached hydrogen (secondary N) is 1. The average Bonchev–Trinajstić information content (AvgIpc) is 2.69. The molecule has 0 bridgehead atoms. The molecule has 1 aliphatic heterocycles. The van der Waals surface area contributed by atoms with Crippen molar-refractivity contribution in [1.82, 2.24) is 15.2 Å². The van der Waals surface area contributed by atoms with Crippen LogP contribution < -0.4 is 5.32 Å². The smallest absolute Gasteiger partial charge is 0.251 e. The van der Waals surface area contributed by atoms with Gasteiger partial charge in [-0.25, -0.2) is 8.78 Å². The molecule has 144 valence electrons. The summed E-state index contributed by atoms with van der Waals surface area (Å²) in [7, 11) is 0. The topological polar surface area (TPSA) is 45.2 Å².